The molecular formula is C5H10O2Si. The van der Waals surface area contributed by atoms with Crippen molar-refractivity contribution in [3.05, 3.63) is 12.7 Å². The highest BCUT2D eigenvalue weighted by Gasteiger charge is 2.24. The Labute approximate surface area is 50.0 Å². The van der Waals surface area contributed by atoms with Crippen LogP contribution in [0.15, 0.2) is 12.7 Å². The zero-order valence-electron chi connectivity index (χ0n) is 5.14. The van der Waals surface area contributed by atoms with E-state index in [1.165, 1.54) is 6.08 Å². The monoisotopic (exact) mass is 130 g/mol. The molecule has 0 aliphatic heterocycles. The van der Waals surface area contributed by atoms with Crippen LogP contribution < -0.4 is 0 Å². The van der Waals surface area contributed by atoms with Crippen LogP contribution in [-0.4, -0.2) is 18.5 Å². The molecule has 0 aliphatic rings. The van der Waals surface area contributed by atoms with Gasteiger partial charge in [0.15, 0.2) is 5.41 Å². The van der Waals surface area contributed by atoms with Gasteiger partial charge in [0, 0.05) is 0 Å². The van der Waals surface area contributed by atoms with Crippen molar-refractivity contribution in [1.29, 1.82) is 0 Å². The fraction of sp³-hybridized carbons (Fsp3) is 0.400. The first-order valence-corrected chi connectivity index (χ1v) is 5.32. The molecule has 0 saturated heterocycles. The minimum atomic E-state index is -2.52. The van der Waals surface area contributed by atoms with Crippen molar-refractivity contribution in [2.24, 2.45) is 0 Å². The first kappa shape index (κ1) is 7.59. The Morgan fingerprint density at radius 3 is 2.12 bits per heavy atom. The van der Waals surface area contributed by atoms with Gasteiger partial charge in [-0.1, -0.05) is 6.58 Å². The minimum absolute atomic E-state index is 0.211. The van der Waals surface area contributed by atoms with E-state index < -0.39 is 8.32 Å². The highest BCUT2D eigenvalue weighted by atomic mass is 28.4. The molecule has 3 heteroatoms. The summed E-state index contributed by atoms with van der Waals surface area (Å²) in [6.07, 6.45) is 1.17. The number of rotatable bonds is 2. The average molecular weight is 130 g/mol. The minimum Gasteiger partial charge on any atom is -0.425 e. The lowest BCUT2D eigenvalue weighted by Gasteiger charge is -2.06. The lowest BCUT2D eigenvalue weighted by Crippen LogP contribution is -2.35. The van der Waals surface area contributed by atoms with Crippen LogP contribution in [0.5, 0.6) is 0 Å². The van der Waals surface area contributed by atoms with Gasteiger partial charge in [0.2, 0.25) is 0 Å². The van der Waals surface area contributed by atoms with E-state index in [1.807, 2.05) is 0 Å². The molecule has 0 aromatic carbocycles. The summed E-state index contributed by atoms with van der Waals surface area (Å²) in [5.74, 6) is 0. The Balaban J connectivity index is 4.02. The van der Waals surface area contributed by atoms with Crippen LogP contribution in [0.25, 0.3) is 0 Å². The lowest BCUT2D eigenvalue weighted by atomic mass is 10.7. The van der Waals surface area contributed by atoms with Gasteiger partial charge in [0.25, 0.3) is 8.32 Å². The van der Waals surface area contributed by atoms with Crippen LogP contribution in [0.2, 0.25) is 13.1 Å². The van der Waals surface area contributed by atoms with Crippen molar-refractivity contribution >= 4 is 13.7 Å². The van der Waals surface area contributed by atoms with Crippen molar-refractivity contribution in [1.82, 2.24) is 0 Å². The third-order valence-corrected chi connectivity index (χ3v) is 2.20. The van der Waals surface area contributed by atoms with Gasteiger partial charge in [-0.25, -0.2) is 0 Å². The maximum atomic E-state index is 10.5. The Morgan fingerprint density at radius 1 is 1.75 bits per heavy atom. The van der Waals surface area contributed by atoms with Gasteiger partial charge < -0.3 is 4.80 Å². The zero-order valence-corrected chi connectivity index (χ0v) is 6.14. The summed E-state index contributed by atoms with van der Waals surface area (Å²) in [5.41, 5.74) is 0. The molecule has 0 unspecified atom stereocenters. The SMILES string of the molecule is C=CC(=O)[Si](C)(C)O. The molecule has 1 N–H and O–H groups in total. The van der Waals surface area contributed by atoms with E-state index in [4.69, 9.17) is 4.80 Å². The summed E-state index contributed by atoms with van der Waals surface area (Å²) >= 11 is 0. The Morgan fingerprint density at radius 2 is 2.12 bits per heavy atom. The van der Waals surface area contributed by atoms with E-state index in [2.05, 4.69) is 6.58 Å². The van der Waals surface area contributed by atoms with Gasteiger partial charge in [-0.05, 0) is 19.2 Å². The Kier molecular flexibility index (Phi) is 2.12. The van der Waals surface area contributed by atoms with E-state index >= 15 is 0 Å². The van der Waals surface area contributed by atoms with Crippen LogP contribution in [0.4, 0.5) is 0 Å². The third kappa shape index (κ3) is 2.04. The number of carbonyl (C=O) groups is 1. The zero-order chi connectivity index (χ0) is 6.78. The maximum absolute atomic E-state index is 10.5. The molecule has 0 spiro atoms. The van der Waals surface area contributed by atoms with E-state index in [0.29, 0.717) is 0 Å². The molecule has 46 valence electrons. The second kappa shape index (κ2) is 2.24. The van der Waals surface area contributed by atoms with Gasteiger partial charge in [-0.15, -0.1) is 0 Å². The quantitative estimate of drug-likeness (QED) is 0.436. The molecule has 0 aliphatic carbocycles. The molecule has 2 nitrogen and oxygen atoms in total. The normalized spacial score (nSPS) is 10.9. The fourth-order valence-electron chi connectivity index (χ4n) is 0.250. The summed E-state index contributed by atoms with van der Waals surface area (Å²) < 4.78 is 0. The van der Waals surface area contributed by atoms with Crippen molar-refractivity contribution in [2.75, 3.05) is 0 Å². The highest BCUT2D eigenvalue weighted by molar-refractivity contribution is 7.00. The summed E-state index contributed by atoms with van der Waals surface area (Å²) in [4.78, 5) is 19.5. The van der Waals surface area contributed by atoms with Crippen molar-refractivity contribution in [2.45, 2.75) is 13.1 Å². The smallest absolute Gasteiger partial charge is 0.260 e. The molecule has 0 heterocycles. The van der Waals surface area contributed by atoms with E-state index in [1.54, 1.807) is 13.1 Å². The lowest BCUT2D eigenvalue weighted by molar-refractivity contribution is -0.109. The second-order valence-corrected chi connectivity index (χ2v) is 5.74. The van der Waals surface area contributed by atoms with Gasteiger partial charge in [-0.2, -0.15) is 0 Å². The summed E-state index contributed by atoms with van der Waals surface area (Å²) in [5, 5.41) is -0.211. The van der Waals surface area contributed by atoms with Crippen LogP contribution in [0.3, 0.4) is 0 Å². The molecule has 0 aromatic rings. The first-order valence-electron chi connectivity index (χ1n) is 2.37. The third-order valence-electron chi connectivity index (χ3n) is 0.788. The van der Waals surface area contributed by atoms with Crippen LogP contribution >= 0.6 is 0 Å². The molecular weight excluding hydrogens is 120 g/mol. The van der Waals surface area contributed by atoms with Crippen molar-refractivity contribution in [3.8, 4) is 0 Å². The van der Waals surface area contributed by atoms with Crippen LogP contribution in [0, 0.1) is 0 Å². The Bertz CT molecular complexity index is 112. The molecule has 0 atom stereocenters. The van der Waals surface area contributed by atoms with Crippen molar-refractivity contribution in [3.63, 3.8) is 0 Å². The summed E-state index contributed by atoms with van der Waals surface area (Å²) in [7, 11) is -2.52. The second-order valence-electron chi connectivity index (χ2n) is 2.13. The molecule has 0 bridgehead atoms. The highest BCUT2D eigenvalue weighted by Crippen LogP contribution is 1.96. The first-order chi connectivity index (χ1) is 3.48. The topological polar surface area (TPSA) is 37.3 Å². The molecule has 8 heavy (non-hydrogen) atoms. The number of hydrogen-bond donors (Lipinski definition) is 1. The molecule has 0 radical (unpaired) electrons. The van der Waals surface area contributed by atoms with Gasteiger partial charge in [0.05, 0.1) is 0 Å². The number of hydrogen-bond acceptors (Lipinski definition) is 2. The van der Waals surface area contributed by atoms with E-state index in [-0.39, 0.29) is 5.41 Å². The Hall–Kier alpha value is -0.413. The molecule has 0 amide bonds. The van der Waals surface area contributed by atoms with Crippen LogP contribution in [-0.2, 0) is 4.79 Å². The van der Waals surface area contributed by atoms with E-state index in [9.17, 15) is 4.79 Å². The molecule has 0 fully saturated rings. The largest absolute Gasteiger partial charge is 0.425 e. The van der Waals surface area contributed by atoms with E-state index in [0.717, 1.165) is 0 Å². The predicted molar refractivity (Wildman–Crippen MR) is 34.9 cm³/mol. The average Bonchev–Trinajstić information content (AvgIpc) is 1.62. The van der Waals surface area contributed by atoms with Gasteiger partial charge >= 0.3 is 0 Å². The predicted octanol–water partition coefficient (Wildman–Crippen LogP) is 0.478. The standard InChI is InChI=1S/C5H10O2Si/c1-4-5(6)8(2,3)7/h4,7H,1H2,2-3H3. The number of carbonyl (C=O) groups excluding carboxylic acids is 1. The summed E-state index contributed by atoms with van der Waals surface area (Å²) in [6.45, 7) is 6.39. The van der Waals surface area contributed by atoms with Gasteiger partial charge in [0.1, 0.15) is 0 Å². The fourth-order valence-corrected chi connectivity index (χ4v) is 0.749. The van der Waals surface area contributed by atoms with Gasteiger partial charge in [-0.3, -0.25) is 4.79 Å². The molecule has 0 aromatic heterocycles. The van der Waals surface area contributed by atoms with Crippen molar-refractivity contribution < 1.29 is 9.59 Å². The van der Waals surface area contributed by atoms with Crippen LogP contribution in [0.1, 0.15) is 0 Å². The number of allylic oxidation sites excluding steroid dienone is 1. The molecule has 0 rings (SSSR count). The molecule has 0 saturated carbocycles. The summed E-state index contributed by atoms with van der Waals surface area (Å²) in [6, 6.07) is 0. The maximum Gasteiger partial charge on any atom is 0.260 e.